The maximum absolute atomic E-state index is 13.5. The number of ether oxygens (including phenoxy) is 1. The van der Waals surface area contributed by atoms with Crippen molar-refractivity contribution in [3.63, 3.8) is 0 Å². The molecule has 2 N–H and O–H groups in total. The van der Waals surface area contributed by atoms with Gasteiger partial charge in [-0.05, 0) is 31.2 Å². The van der Waals surface area contributed by atoms with Crippen LogP contribution in [0.3, 0.4) is 0 Å². The highest BCUT2D eigenvalue weighted by atomic mass is 19.1. The number of nitrogens with two attached hydrogens (primary N) is 1. The molecule has 0 atom stereocenters. The van der Waals surface area contributed by atoms with E-state index in [1.54, 1.807) is 18.3 Å². The lowest BCUT2D eigenvalue weighted by Crippen LogP contribution is -2.02. The third-order valence-corrected chi connectivity index (χ3v) is 2.47. The second kappa shape index (κ2) is 4.97. The number of methoxy groups -OCH3 is 1. The largest absolute Gasteiger partial charge is 0.494 e. The molecule has 2 rings (SSSR count). The standard InChI is InChI=1S/C12H13FN2O2/c1-16-11-3-2-8(6-10(11)13)12-9(4-5-14)7-15-17-12/h2-3,6-7H,4-5,14H2,1H3. The van der Waals surface area contributed by atoms with Gasteiger partial charge in [-0.1, -0.05) is 5.16 Å². The Balaban J connectivity index is 2.39. The summed E-state index contributed by atoms with van der Waals surface area (Å²) in [6, 6.07) is 4.64. The molecule has 0 bridgehead atoms. The molecule has 4 nitrogen and oxygen atoms in total. The van der Waals surface area contributed by atoms with Crippen LogP contribution in [0.15, 0.2) is 28.9 Å². The SMILES string of the molecule is COc1ccc(-c2oncc2CCN)cc1F. The highest BCUT2D eigenvalue weighted by molar-refractivity contribution is 5.62. The van der Waals surface area contributed by atoms with Crippen LogP contribution in [0.1, 0.15) is 5.56 Å². The molecule has 0 unspecified atom stereocenters. The molecule has 0 fully saturated rings. The van der Waals surface area contributed by atoms with Crippen LogP contribution in [-0.2, 0) is 6.42 Å². The summed E-state index contributed by atoms with van der Waals surface area (Å²) in [7, 11) is 1.42. The van der Waals surface area contributed by atoms with Gasteiger partial charge in [-0.15, -0.1) is 0 Å². The molecule has 0 saturated carbocycles. The second-order valence-electron chi connectivity index (χ2n) is 3.57. The molecule has 0 aliphatic carbocycles. The zero-order valence-corrected chi connectivity index (χ0v) is 9.44. The van der Waals surface area contributed by atoms with Crippen LogP contribution in [0.2, 0.25) is 0 Å². The number of hydrogen-bond acceptors (Lipinski definition) is 4. The van der Waals surface area contributed by atoms with Crippen LogP contribution >= 0.6 is 0 Å². The van der Waals surface area contributed by atoms with E-state index in [-0.39, 0.29) is 5.75 Å². The molecule has 0 amide bonds. The molecule has 90 valence electrons. The van der Waals surface area contributed by atoms with E-state index >= 15 is 0 Å². The van der Waals surface area contributed by atoms with E-state index in [9.17, 15) is 4.39 Å². The Morgan fingerprint density at radius 1 is 1.47 bits per heavy atom. The first-order valence-corrected chi connectivity index (χ1v) is 5.23. The average Bonchev–Trinajstić information content (AvgIpc) is 2.78. The molecule has 0 aliphatic heterocycles. The lowest BCUT2D eigenvalue weighted by atomic mass is 10.1. The highest BCUT2D eigenvalue weighted by Crippen LogP contribution is 2.28. The molecule has 0 aliphatic rings. The Kier molecular flexibility index (Phi) is 3.39. The van der Waals surface area contributed by atoms with Gasteiger partial charge in [-0.3, -0.25) is 0 Å². The van der Waals surface area contributed by atoms with E-state index in [4.69, 9.17) is 15.0 Å². The van der Waals surface area contributed by atoms with Gasteiger partial charge in [0.25, 0.3) is 0 Å². The first-order valence-electron chi connectivity index (χ1n) is 5.23. The fourth-order valence-electron chi connectivity index (χ4n) is 1.64. The minimum Gasteiger partial charge on any atom is -0.494 e. The summed E-state index contributed by atoms with van der Waals surface area (Å²) in [6.45, 7) is 0.493. The van der Waals surface area contributed by atoms with Gasteiger partial charge in [-0.25, -0.2) is 4.39 Å². The summed E-state index contributed by atoms with van der Waals surface area (Å²) in [5.41, 5.74) is 6.98. The number of aromatic nitrogens is 1. The van der Waals surface area contributed by atoms with Gasteiger partial charge in [0.1, 0.15) is 0 Å². The molecule has 0 spiro atoms. The third kappa shape index (κ3) is 2.29. The van der Waals surface area contributed by atoms with E-state index in [2.05, 4.69) is 5.16 Å². The summed E-state index contributed by atoms with van der Waals surface area (Å²) >= 11 is 0. The maximum Gasteiger partial charge on any atom is 0.170 e. The molecule has 17 heavy (non-hydrogen) atoms. The van der Waals surface area contributed by atoms with Gasteiger partial charge >= 0.3 is 0 Å². The Bertz CT molecular complexity index is 511. The van der Waals surface area contributed by atoms with Gasteiger partial charge in [0, 0.05) is 11.1 Å². The van der Waals surface area contributed by atoms with E-state index in [0.717, 1.165) is 5.56 Å². The summed E-state index contributed by atoms with van der Waals surface area (Å²) < 4.78 is 23.5. The topological polar surface area (TPSA) is 61.3 Å². The fourth-order valence-corrected chi connectivity index (χ4v) is 1.64. The van der Waals surface area contributed by atoms with Crippen molar-refractivity contribution >= 4 is 0 Å². The normalized spacial score (nSPS) is 10.5. The molecular weight excluding hydrogens is 223 g/mol. The van der Waals surface area contributed by atoms with Crippen molar-refractivity contribution in [3.8, 4) is 17.1 Å². The molecule has 5 heteroatoms. The van der Waals surface area contributed by atoms with E-state index in [1.165, 1.54) is 13.2 Å². The minimum absolute atomic E-state index is 0.202. The smallest absolute Gasteiger partial charge is 0.170 e. The second-order valence-corrected chi connectivity index (χ2v) is 3.57. The Morgan fingerprint density at radius 3 is 2.94 bits per heavy atom. The van der Waals surface area contributed by atoms with Crippen molar-refractivity contribution < 1.29 is 13.7 Å². The van der Waals surface area contributed by atoms with Crippen molar-refractivity contribution in [2.75, 3.05) is 13.7 Å². The maximum atomic E-state index is 13.5. The van der Waals surface area contributed by atoms with Gasteiger partial charge in [-0.2, -0.15) is 0 Å². The molecule has 0 radical (unpaired) electrons. The fraction of sp³-hybridized carbons (Fsp3) is 0.250. The lowest BCUT2D eigenvalue weighted by Gasteiger charge is -2.04. The van der Waals surface area contributed by atoms with Crippen molar-refractivity contribution in [1.82, 2.24) is 5.16 Å². The summed E-state index contributed by atoms with van der Waals surface area (Å²) in [4.78, 5) is 0. The molecule has 0 saturated heterocycles. The predicted octanol–water partition coefficient (Wildman–Crippen LogP) is 1.99. The zero-order chi connectivity index (χ0) is 12.3. The molecule has 1 aromatic carbocycles. The molecule has 1 heterocycles. The van der Waals surface area contributed by atoms with E-state index < -0.39 is 5.82 Å². The van der Waals surface area contributed by atoms with Crippen molar-refractivity contribution in [2.45, 2.75) is 6.42 Å². The van der Waals surface area contributed by atoms with Crippen molar-refractivity contribution in [3.05, 3.63) is 35.8 Å². The molecule has 2 aromatic rings. The van der Waals surface area contributed by atoms with E-state index in [1.807, 2.05) is 0 Å². The van der Waals surface area contributed by atoms with Crippen LogP contribution in [0, 0.1) is 5.82 Å². The minimum atomic E-state index is -0.430. The highest BCUT2D eigenvalue weighted by Gasteiger charge is 2.12. The molecule has 1 aromatic heterocycles. The summed E-state index contributed by atoms with van der Waals surface area (Å²) in [5, 5.41) is 3.71. The van der Waals surface area contributed by atoms with Crippen LogP contribution < -0.4 is 10.5 Å². The third-order valence-electron chi connectivity index (χ3n) is 2.47. The predicted molar refractivity (Wildman–Crippen MR) is 61.2 cm³/mol. The van der Waals surface area contributed by atoms with Crippen LogP contribution in [0.4, 0.5) is 4.39 Å². The Morgan fingerprint density at radius 2 is 2.29 bits per heavy atom. The monoisotopic (exact) mass is 236 g/mol. The number of benzene rings is 1. The van der Waals surface area contributed by atoms with E-state index in [0.29, 0.717) is 24.3 Å². The number of nitrogens with zero attached hydrogens (tertiary/aromatic N) is 1. The van der Waals surface area contributed by atoms with Crippen LogP contribution in [-0.4, -0.2) is 18.8 Å². The lowest BCUT2D eigenvalue weighted by molar-refractivity contribution is 0.386. The number of hydrogen-bond donors (Lipinski definition) is 1. The van der Waals surface area contributed by atoms with Crippen molar-refractivity contribution in [1.29, 1.82) is 0 Å². The van der Waals surface area contributed by atoms with Crippen molar-refractivity contribution in [2.24, 2.45) is 5.73 Å². The van der Waals surface area contributed by atoms with Gasteiger partial charge in [0.15, 0.2) is 17.3 Å². The van der Waals surface area contributed by atoms with Gasteiger partial charge in [0.05, 0.1) is 13.3 Å². The van der Waals surface area contributed by atoms with Crippen LogP contribution in [0.25, 0.3) is 11.3 Å². The Labute approximate surface area is 98.2 Å². The van der Waals surface area contributed by atoms with Gasteiger partial charge in [0.2, 0.25) is 0 Å². The zero-order valence-electron chi connectivity index (χ0n) is 9.44. The van der Waals surface area contributed by atoms with Gasteiger partial charge < -0.3 is 15.0 Å². The summed E-state index contributed by atoms with van der Waals surface area (Å²) in [6.07, 6.45) is 2.25. The quantitative estimate of drug-likeness (QED) is 0.881. The average molecular weight is 236 g/mol. The first-order chi connectivity index (χ1) is 8.26. The molecular formula is C12H13FN2O2. The number of halogens is 1. The first kappa shape index (κ1) is 11.6. The summed E-state index contributed by atoms with van der Waals surface area (Å²) in [5.74, 6) is 0.325. The van der Waals surface area contributed by atoms with Crippen LogP contribution in [0.5, 0.6) is 5.75 Å². The number of rotatable bonds is 4. The Hall–Kier alpha value is -1.88.